The molecule has 0 unspecified atom stereocenters. The summed E-state index contributed by atoms with van der Waals surface area (Å²) in [7, 11) is 0. The maximum atomic E-state index is 3.43. The Kier molecular flexibility index (Phi) is 1.51. The van der Waals surface area contributed by atoms with Crippen LogP contribution in [0.3, 0.4) is 0 Å². The average molecular weight is 140 g/mol. The molecule has 0 spiro atoms. The van der Waals surface area contributed by atoms with Crippen molar-refractivity contribution in [3.63, 3.8) is 0 Å². The zero-order valence-corrected chi connectivity index (χ0v) is 7.15. The van der Waals surface area contributed by atoms with Gasteiger partial charge in [0.25, 0.3) is 0 Å². The van der Waals surface area contributed by atoms with Crippen molar-refractivity contribution in [1.29, 1.82) is 0 Å². The van der Waals surface area contributed by atoms with Gasteiger partial charge < -0.3 is 5.32 Å². The molecule has 1 heterocycles. The molecule has 0 aromatic heterocycles. The van der Waals surface area contributed by atoms with E-state index < -0.39 is 0 Å². The lowest BCUT2D eigenvalue weighted by atomic mass is 10.00. The Labute approximate surface area is 62.7 Å². The number of nitrogens with one attached hydrogen (secondary N) is 2. The van der Waals surface area contributed by atoms with Crippen LogP contribution in [-0.4, -0.2) is 11.2 Å². The molecule has 10 heavy (non-hydrogen) atoms. The Balaban J connectivity index is 2.73. The van der Waals surface area contributed by atoms with Gasteiger partial charge in [-0.05, 0) is 40.0 Å². The Hall–Kier alpha value is -0.500. The van der Waals surface area contributed by atoms with Gasteiger partial charge in [0, 0.05) is 5.54 Å². The highest BCUT2D eigenvalue weighted by Crippen LogP contribution is 2.13. The first kappa shape index (κ1) is 7.61. The molecule has 0 aromatic carbocycles. The van der Waals surface area contributed by atoms with Crippen molar-refractivity contribution in [3.05, 3.63) is 12.3 Å². The molecule has 2 heteroatoms. The summed E-state index contributed by atoms with van der Waals surface area (Å²) in [6, 6.07) is 0. The third-order valence-electron chi connectivity index (χ3n) is 1.58. The molecule has 58 valence electrons. The standard InChI is InChI=1S/C8H16N2/c1-7(2)5-6-9-8(3,4)10-7/h5-6,9-10H,1-4H3. The molecule has 0 aliphatic carbocycles. The molecule has 0 bridgehead atoms. The van der Waals surface area contributed by atoms with Crippen LogP contribution in [-0.2, 0) is 0 Å². The first-order valence-corrected chi connectivity index (χ1v) is 3.66. The minimum absolute atomic E-state index is 0.0260. The highest BCUT2D eigenvalue weighted by Gasteiger charge is 2.27. The lowest BCUT2D eigenvalue weighted by Gasteiger charge is -2.39. The van der Waals surface area contributed by atoms with Crippen LogP contribution < -0.4 is 10.6 Å². The van der Waals surface area contributed by atoms with Gasteiger partial charge in [0.2, 0.25) is 0 Å². The van der Waals surface area contributed by atoms with Gasteiger partial charge in [0.05, 0.1) is 5.66 Å². The summed E-state index contributed by atoms with van der Waals surface area (Å²) in [5.41, 5.74) is 0.146. The molecule has 1 rings (SSSR count). The van der Waals surface area contributed by atoms with E-state index in [9.17, 15) is 0 Å². The first-order chi connectivity index (χ1) is 4.41. The van der Waals surface area contributed by atoms with Crippen molar-refractivity contribution in [2.24, 2.45) is 0 Å². The van der Waals surface area contributed by atoms with Gasteiger partial charge in [-0.15, -0.1) is 0 Å². The second-order valence-electron chi connectivity index (χ2n) is 3.95. The average Bonchev–Trinajstić information content (AvgIpc) is 1.56. The fraction of sp³-hybridized carbons (Fsp3) is 0.750. The van der Waals surface area contributed by atoms with E-state index in [1.807, 2.05) is 6.20 Å². The Bertz CT molecular complexity index is 157. The SMILES string of the molecule is CC1(C)C=CNC(C)(C)N1. The lowest BCUT2D eigenvalue weighted by Crippen LogP contribution is -2.60. The van der Waals surface area contributed by atoms with Crippen LogP contribution >= 0.6 is 0 Å². The van der Waals surface area contributed by atoms with E-state index in [1.54, 1.807) is 0 Å². The summed E-state index contributed by atoms with van der Waals surface area (Å²) in [5, 5.41) is 6.66. The molecule has 1 aliphatic heterocycles. The first-order valence-electron chi connectivity index (χ1n) is 3.66. The Morgan fingerprint density at radius 3 is 2.00 bits per heavy atom. The van der Waals surface area contributed by atoms with Crippen LogP contribution in [0.25, 0.3) is 0 Å². The fourth-order valence-electron chi connectivity index (χ4n) is 1.34. The quantitative estimate of drug-likeness (QED) is 0.528. The number of hydrogen-bond acceptors (Lipinski definition) is 2. The topological polar surface area (TPSA) is 24.1 Å². The molecule has 1 aliphatic rings. The van der Waals surface area contributed by atoms with Gasteiger partial charge in [0.1, 0.15) is 0 Å². The molecule has 0 amide bonds. The van der Waals surface area contributed by atoms with Crippen LogP contribution in [0.1, 0.15) is 27.7 Å². The van der Waals surface area contributed by atoms with E-state index >= 15 is 0 Å². The largest absolute Gasteiger partial charge is 0.374 e. The highest BCUT2D eigenvalue weighted by molar-refractivity contribution is 5.08. The van der Waals surface area contributed by atoms with Crippen molar-refractivity contribution < 1.29 is 0 Å². The van der Waals surface area contributed by atoms with E-state index in [1.165, 1.54) is 0 Å². The molecule has 0 saturated carbocycles. The van der Waals surface area contributed by atoms with E-state index in [-0.39, 0.29) is 11.2 Å². The number of hydrogen-bond donors (Lipinski definition) is 2. The van der Waals surface area contributed by atoms with Crippen LogP contribution in [0.4, 0.5) is 0 Å². The summed E-state index contributed by atoms with van der Waals surface area (Å²) in [6.07, 6.45) is 4.13. The van der Waals surface area contributed by atoms with Gasteiger partial charge in [0.15, 0.2) is 0 Å². The predicted molar refractivity (Wildman–Crippen MR) is 43.6 cm³/mol. The summed E-state index contributed by atoms with van der Waals surface area (Å²) in [4.78, 5) is 0. The highest BCUT2D eigenvalue weighted by atomic mass is 15.2. The zero-order chi connectivity index (χ0) is 7.83. The Morgan fingerprint density at radius 1 is 1.10 bits per heavy atom. The Morgan fingerprint density at radius 2 is 1.70 bits per heavy atom. The van der Waals surface area contributed by atoms with Gasteiger partial charge in [-0.2, -0.15) is 0 Å². The lowest BCUT2D eigenvalue weighted by molar-refractivity contribution is 0.259. The molecule has 0 atom stereocenters. The molecule has 2 N–H and O–H groups in total. The van der Waals surface area contributed by atoms with Crippen LogP contribution in [0, 0.1) is 0 Å². The molecular formula is C8H16N2. The zero-order valence-electron chi connectivity index (χ0n) is 7.15. The minimum atomic E-state index is 0.0260. The van der Waals surface area contributed by atoms with Crippen molar-refractivity contribution in [3.8, 4) is 0 Å². The third kappa shape index (κ3) is 1.74. The molecule has 0 radical (unpaired) electrons. The van der Waals surface area contributed by atoms with Crippen LogP contribution in [0.2, 0.25) is 0 Å². The molecule has 0 fully saturated rings. The summed E-state index contributed by atoms with van der Waals surface area (Å²) in [5.74, 6) is 0. The van der Waals surface area contributed by atoms with E-state index in [4.69, 9.17) is 0 Å². The normalized spacial score (nSPS) is 27.6. The third-order valence-corrected chi connectivity index (χ3v) is 1.58. The van der Waals surface area contributed by atoms with Crippen molar-refractivity contribution in [2.75, 3.05) is 0 Å². The van der Waals surface area contributed by atoms with Crippen LogP contribution in [0.5, 0.6) is 0 Å². The molecule has 0 saturated heterocycles. The van der Waals surface area contributed by atoms with E-state index in [2.05, 4.69) is 44.4 Å². The van der Waals surface area contributed by atoms with Gasteiger partial charge in [-0.1, -0.05) is 0 Å². The smallest absolute Gasteiger partial charge is 0.0825 e. The molecular weight excluding hydrogens is 124 g/mol. The maximum absolute atomic E-state index is 3.43. The summed E-state index contributed by atoms with van der Waals surface area (Å²) in [6.45, 7) is 8.56. The predicted octanol–water partition coefficient (Wildman–Crippen LogP) is 1.21. The summed E-state index contributed by atoms with van der Waals surface area (Å²) < 4.78 is 0. The van der Waals surface area contributed by atoms with Crippen molar-refractivity contribution in [2.45, 2.75) is 38.9 Å². The van der Waals surface area contributed by atoms with Crippen molar-refractivity contribution in [1.82, 2.24) is 10.6 Å². The van der Waals surface area contributed by atoms with Gasteiger partial charge >= 0.3 is 0 Å². The fourth-order valence-corrected chi connectivity index (χ4v) is 1.34. The second-order valence-corrected chi connectivity index (χ2v) is 3.95. The van der Waals surface area contributed by atoms with E-state index in [0.29, 0.717) is 0 Å². The monoisotopic (exact) mass is 140 g/mol. The van der Waals surface area contributed by atoms with Gasteiger partial charge in [-0.3, -0.25) is 5.32 Å². The maximum Gasteiger partial charge on any atom is 0.0825 e. The minimum Gasteiger partial charge on any atom is -0.374 e. The summed E-state index contributed by atoms with van der Waals surface area (Å²) >= 11 is 0. The second kappa shape index (κ2) is 1.99. The molecule has 0 aromatic rings. The van der Waals surface area contributed by atoms with Gasteiger partial charge in [-0.25, -0.2) is 0 Å². The van der Waals surface area contributed by atoms with Crippen LogP contribution in [0.15, 0.2) is 12.3 Å². The van der Waals surface area contributed by atoms with E-state index in [0.717, 1.165) is 0 Å². The number of rotatable bonds is 0. The van der Waals surface area contributed by atoms with Crippen molar-refractivity contribution >= 4 is 0 Å². The molecule has 2 nitrogen and oxygen atoms in total.